The van der Waals surface area contributed by atoms with Gasteiger partial charge in [-0.3, -0.25) is 4.55 Å². The van der Waals surface area contributed by atoms with Gasteiger partial charge < -0.3 is 4.48 Å². The minimum atomic E-state index is -3.66. The van der Waals surface area contributed by atoms with Crippen LogP contribution in [-0.4, -0.2) is 49.4 Å². The number of nitrogens with zero attached hydrogens (tertiary/aromatic N) is 1. The lowest BCUT2D eigenvalue weighted by Crippen LogP contribution is -2.50. The van der Waals surface area contributed by atoms with E-state index in [0.717, 1.165) is 0 Å². The Hall–Kier alpha value is -0.130. The van der Waals surface area contributed by atoms with Crippen LogP contribution in [0.5, 0.6) is 0 Å². The third kappa shape index (κ3) is 12.6. The van der Waals surface area contributed by atoms with Gasteiger partial charge in [0.15, 0.2) is 0 Å². The Morgan fingerprint density at radius 3 is 1.05 bits per heavy atom. The Morgan fingerprint density at radius 1 is 0.737 bits per heavy atom. The van der Waals surface area contributed by atoms with Crippen LogP contribution in [0.3, 0.4) is 0 Å². The summed E-state index contributed by atoms with van der Waals surface area (Å²) in [6.07, 6.45) is 5.33. The molecule has 19 heavy (non-hydrogen) atoms. The molecule has 0 amide bonds. The molecule has 0 aromatic carbocycles. The predicted molar refractivity (Wildman–Crippen MR) is 83.0 cm³/mol. The lowest BCUT2D eigenvalue weighted by Gasteiger charge is -2.38. The molecule has 0 rings (SSSR count). The molecular weight excluding hydrogens is 262 g/mol. The molecule has 0 heterocycles. The van der Waals surface area contributed by atoms with Crippen molar-refractivity contribution in [3.63, 3.8) is 0 Å². The first kappa shape index (κ1) is 21.2. The molecule has 0 aromatic heterocycles. The molecule has 0 atom stereocenters. The van der Waals surface area contributed by atoms with Crippen LogP contribution in [0.1, 0.15) is 60.3 Å². The van der Waals surface area contributed by atoms with Gasteiger partial charge >= 0.3 is 0 Å². The molecule has 5 heteroatoms. The summed E-state index contributed by atoms with van der Waals surface area (Å²) >= 11 is 0. The summed E-state index contributed by atoms with van der Waals surface area (Å²) in [5.41, 5.74) is 0. The molecule has 4 nitrogen and oxygen atoms in total. The summed E-state index contributed by atoms with van der Waals surface area (Å²) in [5.74, 6) is -0.201. The topological polar surface area (TPSA) is 54.4 Å². The Kier molecular flexibility index (Phi) is 13.0. The van der Waals surface area contributed by atoms with E-state index in [0.29, 0.717) is 0 Å². The number of hydrogen-bond donors (Lipinski definition) is 1. The Bertz CT molecular complexity index is 260. The Balaban J connectivity index is 0. The molecule has 1 N–H and O–H groups in total. The van der Waals surface area contributed by atoms with Crippen molar-refractivity contribution >= 4 is 10.1 Å². The van der Waals surface area contributed by atoms with Crippen molar-refractivity contribution in [1.82, 2.24) is 0 Å². The minimum Gasteiger partial charge on any atom is -0.324 e. The molecular formula is C14H34NO3S+. The zero-order valence-corrected chi connectivity index (χ0v) is 14.3. The van der Waals surface area contributed by atoms with Crippen LogP contribution in [0.25, 0.3) is 0 Å². The van der Waals surface area contributed by atoms with Gasteiger partial charge in [0.05, 0.1) is 31.9 Å². The van der Waals surface area contributed by atoms with E-state index >= 15 is 0 Å². The second-order valence-electron chi connectivity index (χ2n) is 5.11. The van der Waals surface area contributed by atoms with Crippen LogP contribution in [0.4, 0.5) is 0 Å². The average molecular weight is 296 g/mol. The second-order valence-corrected chi connectivity index (χ2v) is 6.85. The first-order valence-corrected chi connectivity index (χ1v) is 9.21. The van der Waals surface area contributed by atoms with Gasteiger partial charge in [-0.2, -0.15) is 8.42 Å². The Labute approximate surface area is 120 Å². The van der Waals surface area contributed by atoms with E-state index in [1.807, 2.05) is 0 Å². The quantitative estimate of drug-likeness (QED) is 0.524. The van der Waals surface area contributed by atoms with Crippen molar-refractivity contribution in [2.24, 2.45) is 0 Å². The van der Waals surface area contributed by atoms with Crippen molar-refractivity contribution in [3.8, 4) is 0 Å². The van der Waals surface area contributed by atoms with E-state index in [1.165, 1.54) is 63.3 Å². The third-order valence-corrected chi connectivity index (χ3v) is 3.89. The summed E-state index contributed by atoms with van der Waals surface area (Å²) < 4.78 is 28.3. The summed E-state index contributed by atoms with van der Waals surface area (Å²) in [4.78, 5) is 0. The second kappa shape index (κ2) is 11.7. The van der Waals surface area contributed by atoms with E-state index in [4.69, 9.17) is 4.55 Å². The lowest BCUT2D eigenvalue weighted by molar-refractivity contribution is -0.928. The van der Waals surface area contributed by atoms with Crippen molar-refractivity contribution in [3.05, 3.63) is 0 Å². The van der Waals surface area contributed by atoms with Gasteiger partial charge in [-0.25, -0.2) is 0 Å². The van der Waals surface area contributed by atoms with Crippen molar-refractivity contribution in [2.75, 3.05) is 31.9 Å². The highest BCUT2D eigenvalue weighted by molar-refractivity contribution is 7.85. The van der Waals surface area contributed by atoms with Gasteiger partial charge in [0.25, 0.3) is 10.1 Å². The highest BCUT2D eigenvalue weighted by atomic mass is 32.2. The molecule has 0 fully saturated rings. The first-order valence-electron chi connectivity index (χ1n) is 7.61. The molecule has 0 saturated carbocycles. The van der Waals surface area contributed by atoms with Gasteiger partial charge in [0.2, 0.25) is 0 Å². The van der Waals surface area contributed by atoms with Crippen LogP contribution in [0.2, 0.25) is 0 Å². The average Bonchev–Trinajstić information content (AvgIpc) is 2.30. The summed E-state index contributed by atoms with van der Waals surface area (Å²) in [7, 11) is -3.66. The standard InChI is InChI=1S/C12H28N.C2H6O3S/c1-5-9-13(10-6-2,11-7-3)12-8-4;1-2-6(3,4)5/h5-12H2,1-4H3;2H2,1H3,(H,3,4,5)/q+1;. The van der Waals surface area contributed by atoms with E-state index in [1.54, 1.807) is 0 Å². The van der Waals surface area contributed by atoms with Crippen molar-refractivity contribution < 1.29 is 17.5 Å². The molecule has 0 spiro atoms. The number of rotatable bonds is 9. The monoisotopic (exact) mass is 296 g/mol. The van der Waals surface area contributed by atoms with Gasteiger partial charge in [-0.05, 0) is 32.6 Å². The van der Waals surface area contributed by atoms with Gasteiger partial charge in [0.1, 0.15) is 0 Å². The van der Waals surface area contributed by atoms with Crippen molar-refractivity contribution in [2.45, 2.75) is 60.3 Å². The first-order chi connectivity index (χ1) is 8.80. The fourth-order valence-corrected chi connectivity index (χ4v) is 2.57. The maximum absolute atomic E-state index is 9.56. The molecule has 118 valence electrons. The van der Waals surface area contributed by atoms with E-state index < -0.39 is 10.1 Å². The molecule has 0 bridgehead atoms. The van der Waals surface area contributed by atoms with Gasteiger partial charge in [-0.1, -0.05) is 27.7 Å². The molecule has 0 aliphatic carbocycles. The zero-order valence-electron chi connectivity index (χ0n) is 13.5. The van der Waals surface area contributed by atoms with E-state index in [2.05, 4.69) is 27.7 Å². The van der Waals surface area contributed by atoms with Crippen LogP contribution >= 0.6 is 0 Å². The summed E-state index contributed by atoms with van der Waals surface area (Å²) in [5, 5.41) is 0. The maximum Gasteiger partial charge on any atom is 0.264 e. The van der Waals surface area contributed by atoms with Gasteiger partial charge in [0, 0.05) is 0 Å². The highest BCUT2D eigenvalue weighted by Crippen LogP contribution is 2.12. The highest BCUT2D eigenvalue weighted by Gasteiger charge is 2.22. The largest absolute Gasteiger partial charge is 0.324 e. The fraction of sp³-hybridized carbons (Fsp3) is 1.00. The molecule has 0 radical (unpaired) electrons. The maximum atomic E-state index is 9.56. The van der Waals surface area contributed by atoms with E-state index in [9.17, 15) is 8.42 Å². The normalized spacial score (nSPS) is 11.9. The van der Waals surface area contributed by atoms with E-state index in [-0.39, 0.29) is 5.75 Å². The molecule has 0 unspecified atom stereocenters. The smallest absolute Gasteiger partial charge is 0.264 e. The summed E-state index contributed by atoms with van der Waals surface area (Å²) in [6, 6.07) is 0. The predicted octanol–water partition coefficient (Wildman–Crippen LogP) is 3.34. The third-order valence-electron chi connectivity index (χ3n) is 3.16. The van der Waals surface area contributed by atoms with Crippen LogP contribution in [0.15, 0.2) is 0 Å². The molecule has 0 saturated heterocycles. The zero-order chi connectivity index (χ0) is 15.4. The van der Waals surface area contributed by atoms with Crippen molar-refractivity contribution in [1.29, 1.82) is 0 Å². The fourth-order valence-electron chi connectivity index (χ4n) is 2.57. The molecule has 0 aromatic rings. The number of hydrogen-bond acceptors (Lipinski definition) is 2. The Morgan fingerprint density at radius 2 is 0.947 bits per heavy atom. The minimum absolute atomic E-state index is 0.201. The summed E-state index contributed by atoms with van der Waals surface area (Å²) in [6.45, 7) is 16.2. The van der Waals surface area contributed by atoms with Crippen LogP contribution in [-0.2, 0) is 10.1 Å². The molecule has 0 aliphatic heterocycles. The lowest BCUT2D eigenvalue weighted by atomic mass is 10.2. The molecule has 0 aliphatic rings. The SMILES string of the molecule is CCC[N+](CCC)(CCC)CCC.CCS(=O)(=O)O. The number of quaternary nitrogens is 1. The van der Waals surface area contributed by atoms with Crippen LogP contribution < -0.4 is 0 Å². The van der Waals surface area contributed by atoms with Crippen LogP contribution in [0, 0.1) is 0 Å². The van der Waals surface area contributed by atoms with Gasteiger partial charge in [-0.15, -0.1) is 0 Å².